The smallest absolute Gasteiger partial charge is 0.258 e. The monoisotopic (exact) mass is 478 g/mol. The van der Waals surface area contributed by atoms with Gasteiger partial charge in [-0.05, 0) is 31.0 Å². The Kier molecular flexibility index (Phi) is 6.07. The summed E-state index contributed by atoms with van der Waals surface area (Å²) in [6.07, 6.45) is 0.854. The summed E-state index contributed by atoms with van der Waals surface area (Å²) in [5.41, 5.74) is 5.18. The van der Waals surface area contributed by atoms with Crippen molar-refractivity contribution in [3.8, 4) is 0 Å². The molecule has 1 atom stereocenters. The number of benzene rings is 1. The van der Waals surface area contributed by atoms with Gasteiger partial charge in [0.1, 0.15) is 5.82 Å². The lowest BCUT2D eigenvalue weighted by atomic mass is 9.92. The topological polar surface area (TPSA) is 150 Å². The Morgan fingerprint density at radius 1 is 1.19 bits per heavy atom. The Morgan fingerprint density at radius 3 is 2.59 bits per heavy atom. The normalized spacial score (nSPS) is 18.6. The SMILES string of the molecule is NC(=O)C1CCN(c2nc3c(c(=O)[nH]2)[C@@H](C(=O)Nc2cc(Cl)ccc2Cl)CC(=O)N3)CC1. The van der Waals surface area contributed by atoms with Gasteiger partial charge in [-0.1, -0.05) is 23.2 Å². The molecule has 0 radical (unpaired) electrons. The van der Waals surface area contributed by atoms with Gasteiger partial charge in [0, 0.05) is 30.5 Å². The van der Waals surface area contributed by atoms with Crippen LogP contribution >= 0.6 is 23.2 Å². The van der Waals surface area contributed by atoms with Crippen molar-refractivity contribution in [1.29, 1.82) is 0 Å². The van der Waals surface area contributed by atoms with Crippen molar-refractivity contribution in [3.63, 3.8) is 0 Å². The average molecular weight is 479 g/mol. The summed E-state index contributed by atoms with van der Waals surface area (Å²) in [6, 6.07) is 4.58. The zero-order valence-electron chi connectivity index (χ0n) is 16.8. The minimum absolute atomic E-state index is 0.0364. The summed E-state index contributed by atoms with van der Waals surface area (Å²) in [4.78, 5) is 58.4. The van der Waals surface area contributed by atoms with Crippen LogP contribution in [0, 0.1) is 5.92 Å². The number of carbonyl (C=O) groups is 3. The Morgan fingerprint density at radius 2 is 1.91 bits per heavy atom. The molecule has 3 heterocycles. The molecule has 2 aliphatic heterocycles. The van der Waals surface area contributed by atoms with Crippen molar-refractivity contribution in [3.05, 3.63) is 44.2 Å². The zero-order chi connectivity index (χ0) is 23.0. The summed E-state index contributed by atoms with van der Waals surface area (Å²) < 4.78 is 0. The number of aromatic amines is 1. The molecule has 32 heavy (non-hydrogen) atoms. The predicted octanol–water partition coefficient (Wildman–Crippen LogP) is 1.84. The number of fused-ring (bicyclic) bond motifs is 1. The molecule has 2 aromatic rings. The van der Waals surface area contributed by atoms with Gasteiger partial charge in [0.05, 0.1) is 22.2 Å². The van der Waals surface area contributed by atoms with Gasteiger partial charge in [-0.2, -0.15) is 4.98 Å². The number of hydrogen-bond acceptors (Lipinski definition) is 6. The highest BCUT2D eigenvalue weighted by Crippen LogP contribution is 2.32. The van der Waals surface area contributed by atoms with E-state index in [0.29, 0.717) is 31.0 Å². The molecule has 1 fully saturated rings. The van der Waals surface area contributed by atoms with E-state index in [1.54, 1.807) is 6.07 Å². The van der Waals surface area contributed by atoms with Crippen molar-refractivity contribution >= 4 is 58.4 Å². The first-order chi connectivity index (χ1) is 15.2. The molecular weight excluding hydrogens is 459 g/mol. The zero-order valence-corrected chi connectivity index (χ0v) is 18.3. The van der Waals surface area contributed by atoms with Crippen LogP contribution in [0.5, 0.6) is 0 Å². The van der Waals surface area contributed by atoms with Gasteiger partial charge in [-0.15, -0.1) is 0 Å². The van der Waals surface area contributed by atoms with E-state index in [4.69, 9.17) is 28.9 Å². The Hall–Kier alpha value is -3.11. The minimum Gasteiger partial charge on any atom is -0.369 e. The first kappa shape index (κ1) is 22.1. The van der Waals surface area contributed by atoms with E-state index in [0.717, 1.165) is 0 Å². The van der Waals surface area contributed by atoms with Crippen molar-refractivity contribution in [1.82, 2.24) is 9.97 Å². The standard InChI is InChI=1S/C20H20Cl2N6O4/c21-10-1-2-12(22)13(7-10)24-18(31)11-8-14(29)25-17-15(11)19(32)27-20(26-17)28-5-3-9(4-6-28)16(23)30/h1-2,7,9,11H,3-6,8H2,(H2,23,30)(H,24,31)(H2,25,26,27,29,32)/t11-/m0/s1. The highest BCUT2D eigenvalue weighted by molar-refractivity contribution is 6.35. The lowest BCUT2D eigenvalue weighted by molar-refractivity contribution is -0.123. The van der Waals surface area contributed by atoms with Crippen LogP contribution in [0.2, 0.25) is 10.0 Å². The number of anilines is 3. The van der Waals surface area contributed by atoms with Crippen LogP contribution in [0.25, 0.3) is 0 Å². The van der Waals surface area contributed by atoms with Crippen LogP contribution in [0.15, 0.2) is 23.0 Å². The molecule has 4 rings (SSSR count). The number of halogens is 2. The van der Waals surface area contributed by atoms with E-state index >= 15 is 0 Å². The summed E-state index contributed by atoms with van der Waals surface area (Å²) in [5, 5.41) is 5.85. The molecule has 1 aromatic heterocycles. The van der Waals surface area contributed by atoms with Gasteiger partial charge in [0.25, 0.3) is 5.56 Å². The van der Waals surface area contributed by atoms with Gasteiger partial charge >= 0.3 is 0 Å². The molecule has 1 aromatic carbocycles. The Bertz CT molecular complexity index is 1160. The maximum Gasteiger partial charge on any atom is 0.258 e. The summed E-state index contributed by atoms with van der Waals surface area (Å²) in [5.74, 6) is -2.34. The van der Waals surface area contributed by atoms with Crippen molar-refractivity contribution < 1.29 is 14.4 Å². The van der Waals surface area contributed by atoms with E-state index in [1.165, 1.54) is 12.1 Å². The van der Waals surface area contributed by atoms with E-state index in [2.05, 4.69) is 20.6 Å². The first-order valence-corrected chi connectivity index (χ1v) is 10.7. The van der Waals surface area contributed by atoms with Crippen LogP contribution in [-0.4, -0.2) is 40.8 Å². The number of primary amides is 1. The van der Waals surface area contributed by atoms with Gasteiger partial charge < -0.3 is 21.3 Å². The molecule has 3 amide bonds. The summed E-state index contributed by atoms with van der Waals surface area (Å²) in [7, 11) is 0. The van der Waals surface area contributed by atoms with Gasteiger partial charge in [-0.3, -0.25) is 24.2 Å². The van der Waals surface area contributed by atoms with Crippen LogP contribution in [-0.2, 0) is 14.4 Å². The quantitative estimate of drug-likeness (QED) is 0.526. The molecule has 0 saturated carbocycles. The number of nitrogens with two attached hydrogens (primary N) is 1. The minimum atomic E-state index is -1.06. The molecule has 5 N–H and O–H groups in total. The summed E-state index contributed by atoms with van der Waals surface area (Å²) >= 11 is 12.1. The van der Waals surface area contributed by atoms with Crippen LogP contribution in [0.3, 0.4) is 0 Å². The molecule has 2 aliphatic rings. The van der Waals surface area contributed by atoms with E-state index < -0.39 is 23.3 Å². The maximum absolute atomic E-state index is 13.0. The molecule has 0 spiro atoms. The second-order valence-electron chi connectivity index (χ2n) is 7.73. The molecule has 0 aliphatic carbocycles. The fourth-order valence-electron chi connectivity index (χ4n) is 3.92. The van der Waals surface area contributed by atoms with E-state index in [9.17, 15) is 19.2 Å². The number of hydrogen-bond donors (Lipinski definition) is 4. The highest BCUT2D eigenvalue weighted by atomic mass is 35.5. The molecule has 0 unspecified atom stereocenters. The molecule has 1 saturated heterocycles. The number of piperidine rings is 1. The third kappa shape index (κ3) is 4.42. The number of carbonyl (C=O) groups excluding carboxylic acids is 3. The van der Waals surface area contributed by atoms with Crippen molar-refractivity contribution in [2.45, 2.75) is 25.2 Å². The molecular formula is C20H20Cl2N6O4. The van der Waals surface area contributed by atoms with E-state index in [1.807, 2.05) is 4.90 Å². The number of aromatic nitrogens is 2. The number of amides is 3. The van der Waals surface area contributed by atoms with Crippen LogP contribution < -0.4 is 26.8 Å². The third-order valence-corrected chi connectivity index (χ3v) is 6.20. The molecule has 168 valence electrons. The lowest BCUT2D eigenvalue weighted by Crippen LogP contribution is -2.41. The van der Waals surface area contributed by atoms with Gasteiger partial charge in [-0.25, -0.2) is 0 Å². The highest BCUT2D eigenvalue weighted by Gasteiger charge is 2.36. The Labute approximate surface area is 192 Å². The van der Waals surface area contributed by atoms with Crippen LogP contribution in [0.1, 0.15) is 30.7 Å². The van der Waals surface area contributed by atoms with Crippen molar-refractivity contribution in [2.75, 3.05) is 28.6 Å². The fourth-order valence-corrected chi connectivity index (χ4v) is 4.26. The number of H-pyrrole nitrogens is 1. The second-order valence-corrected chi connectivity index (χ2v) is 8.58. The van der Waals surface area contributed by atoms with Crippen molar-refractivity contribution in [2.24, 2.45) is 11.7 Å². The maximum atomic E-state index is 13.0. The van der Waals surface area contributed by atoms with Gasteiger partial charge in [0.2, 0.25) is 23.7 Å². The average Bonchev–Trinajstić information content (AvgIpc) is 2.75. The number of nitrogens with zero attached hydrogens (tertiary/aromatic N) is 2. The lowest BCUT2D eigenvalue weighted by Gasteiger charge is -2.32. The second kappa shape index (κ2) is 8.79. The predicted molar refractivity (Wildman–Crippen MR) is 120 cm³/mol. The molecule has 10 nitrogen and oxygen atoms in total. The third-order valence-electron chi connectivity index (χ3n) is 5.64. The van der Waals surface area contributed by atoms with Crippen LogP contribution in [0.4, 0.5) is 17.5 Å². The number of nitrogens with one attached hydrogen (secondary N) is 3. The largest absolute Gasteiger partial charge is 0.369 e. The number of rotatable bonds is 4. The first-order valence-electron chi connectivity index (χ1n) is 9.97. The fraction of sp³-hybridized carbons (Fsp3) is 0.350. The van der Waals surface area contributed by atoms with Gasteiger partial charge in [0.15, 0.2) is 0 Å². The Balaban J connectivity index is 1.61. The molecule has 0 bridgehead atoms. The summed E-state index contributed by atoms with van der Waals surface area (Å²) in [6.45, 7) is 0.945. The van der Waals surface area contributed by atoms with E-state index in [-0.39, 0.29) is 46.3 Å². The molecule has 12 heteroatoms.